The number of hydrogen-bond acceptors (Lipinski definition) is 4. The number of aryl methyl sites for hydroxylation is 2. The summed E-state index contributed by atoms with van der Waals surface area (Å²) in [6, 6.07) is 16.6. The van der Waals surface area contributed by atoms with Crippen LogP contribution in [-0.4, -0.2) is 31.8 Å². The maximum Gasteiger partial charge on any atom is 0.251 e. The van der Waals surface area contributed by atoms with Crippen molar-refractivity contribution in [3.63, 3.8) is 0 Å². The zero-order chi connectivity index (χ0) is 23.6. The number of fused-ring (bicyclic) bond motifs is 1. The maximum atomic E-state index is 13.8. The number of benzene rings is 3. The molecule has 0 aliphatic carbocycles. The minimum Gasteiger partial charge on any atom is -0.492 e. The monoisotopic (exact) mass is 468 g/mol. The van der Waals surface area contributed by atoms with Gasteiger partial charge in [0.15, 0.2) is 0 Å². The van der Waals surface area contributed by atoms with Crippen molar-refractivity contribution < 1.29 is 22.3 Å². The third-order valence-electron chi connectivity index (χ3n) is 5.61. The zero-order valence-electron chi connectivity index (χ0n) is 18.5. The van der Waals surface area contributed by atoms with Crippen LogP contribution in [0.2, 0.25) is 0 Å². The first-order valence-corrected chi connectivity index (χ1v) is 12.0. The number of nitrogens with zero attached hydrogens (tertiary/aromatic N) is 1. The molecular formula is C25H25FN2O4S. The average Bonchev–Trinajstić information content (AvgIpc) is 3.02. The number of ether oxygens (including phenoxy) is 1. The average molecular weight is 469 g/mol. The fourth-order valence-electron chi connectivity index (χ4n) is 3.70. The maximum absolute atomic E-state index is 13.8. The first kappa shape index (κ1) is 22.9. The summed E-state index contributed by atoms with van der Waals surface area (Å²) >= 11 is 0. The van der Waals surface area contributed by atoms with Crippen molar-refractivity contribution >= 4 is 15.9 Å². The standard InChI is InChI=1S/C25H25FN2O4S/c1-17-3-6-19(7-4-17)15-27-25(29)20-8-10-23-21(13-20)16-28(11-12-32-23)33(30,31)24-14-22(26)9-5-18(24)2/h3-10,13-14H,11-12,15-16H2,1-2H3,(H,27,29). The molecule has 0 spiro atoms. The molecule has 0 radical (unpaired) electrons. The van der Waals surface area contributed by atoms with Gasteiger partial charge in [-0.2, -0.15) is 4.31 Å². The van der Waals surface area contributed by atoms with Crippen LogP contribution in [0.15, 0.2) is 65.6 Å². The fourth-order valence-corrected chi connectivity index (χ4v) is 5.34. The second kappa shape index (κ2) is 9.33. The van der Waals surface area contributed by atoms with E-state index >= 15 is 0 Å². The summed E-state index contributed by atoms with van der Waals surface area (Å²) in [4.78, 5) is 12.6. The van der Waals surface area contributed by atoms with Gasteiger partial charge in [-0.1, -0.05) is 35.9 Å². The fraction of sp³-hybridized carbons (Fsp3) is 0.240. The van der Waals surface area contributed by atoms with E-state index in [1.54, 1.807) is 25.1 Å². The van der Waals surface area contributed by atoms with Gasteiger partial charge in [-0.3, -0.25) is 4.79 Å². The van der Waals surface area contributed by atoms with Crippen LogP contribution in [0.4, 0.5) is 4.39 Å². The van der Waals surface area contributed by atoms with E-state index in [2.05, 4.69) is 5.32 Å². The lowest BCUT2D eigenvalue weighted by atomic mass is 10.1. The number of carbonyl (C=O) groups excluding carboxylic acids is 1. The Kier molecular flexibility index (Phi) is 6.49. The van der Waals surface area contributed by atoms with Crippen LogP contribution in [0.5, 0.6) is 5.75 Å². The molecule has 0 bridgehead atoms. The highest BCUT2D eigenvalue weighted by molar-refractivity contribution is 7.89. The smallest absolute Gasteiger partial charge is 0.251 e. The summed E-state index contributed by atoms with van der Waals surface area (Å²) < 4.78 is 47.3. The third-order valence-corrected chi connectivity index (χ3v) is 7.60. The van der Waals surface area contributed by atoms with Crippen LogP contribution < -0.4 is 10.1 Å². The Labute approximate surface area is 193 Å². The SMILES string of the molecule is Cc1ccc(CNC(=O)c2ccc3c(c2)CN(S(=O)(=O)c2cc(F)ccc2C)CCO3)cc1. The zero-order valence-corrected chi connectivity index (χ0v) is 19.3. The minimum atomic E-state index is -3.95. The van der Waals surface area contributed by atoms with Crippen molar-refractivity contribution in [1.29, 1.82) is 0 Å². The summed E-state index contributed by atoms with van der Waals surface area (Å²) in [5, 5.41) is 2.88. The van der Waals surface area contributed by atoms with Gasteiger partial charge in [-0.25, -0.2) is 12.8 Å². The largest absolute Gasteiger partial charge is 0.492 e. The third kappa shape index (κ3) is 5.07. The number of sulfonamides is 1. The molecule has 0 aromatic heterocycles. The predicted molar refractivity (Wildman–Crippen MR) is 123 cm³/mol. The molecule has 0 fully saturated rings. The van der Waals surface area contributed by atoms with Gasteiger partial charge in [-0.05, 0) is 55.3 Å². The highest BCUT2D eigenvalue weighted by Crippen LogP contribution is 2.29. The van der Waals surface area contributed by atoms with Crippen LogP contribution in [0.25, 0.3) is 0 Å². The van der Waals surface area contributed by atoms with Crippen molar-refractivity contribution in [2.45, 2.75) is 31.8 Å². The van der Waals surface area contributed by atoms with Crippen LogP contribution in [-0.2, 0) is 23.1 Å². The molecule has 1 aliphatic heterocycles. The minimum absolute atomic E-state index is 0.0205. The van der Waals surface area contributed by atoms with E-state index in [0.717, 1.165) is 17.2 Å². The van der Waals surface area contributed by atoms with Gasteiger partial charge in [-0.15, -0.1) is 0 Å². The highest BCUT2D eigenvalue weighted by atomic mass is 32.2. The molecule has 3 aromatic carbocycles. The second-order valence-electron chi connectivity index (χ2n) is 8.09. The summed E-state index contributed by atoms with van der Waals surface area (Å²) in [7, 11) is -3.95. The van der Waals surface area contributed by atoms with E-state index in [0.29, 0.717) is 29.0 Å². The van der Waals surface area contributed by atoms with Crippen molar-refractivity contribution in [2.75, 3.05) is 13.2 Å². The molecule has 1 N–H and O–H groups in total. The van der Waals surface area contributed by atoms with E-state index in [-0.39, 0.29) is 30.5 Å². The number of amides is 1. The predicted octanol–water partition coefficient (Wildman–Crippen LogP) is 3.96. The molecular weight excluding hydrogens is 443 g/mol. The van der Waals surface area contributed by atoms with E-state index in [1.807, 2.05) is 31.2 Å². The van der Waals surface area contributed by atoms with Gasteiger partial charge in [0, 0.05) is 30.8 Å². The Hall–Kier alpha value is -3.23. The van der Waals surface area contributed by atoms with E-state index in [1.165, 1.54) is 16.4 Å². The number of hydrogen-bond donors (Lipinski definition) is 1. The first-order valence-electron chi connectivity index (χ1n) is 10.6. The molecule has 1 heterocycles. The molecule has 0 atom stereocenters. The summed E-state index contributed by atoms with van der Waals surface area (Å²) in [6.07, 6.45) is 0. The molecule has 4 rings (SSSR count). The molecule has 0 saturated heterocycles. The Morgan fingerprint density at radius 2 is 1.82 bits per heavy atom. The molecule has 0 unspecified atom stereocenters. The Morgan fingerprint density at radius 3 is 2.58 bits per heavy atom. The molecule has 1 aliphatic rings. The van der Waals surface area contributed by atoms with Crippen LogP contribution >= 0.6 is 0 Å². The lowest BCUT2D eigenvalue weighted by molar-refractivity contribution is 0.0950. The molecule has 33 heavy (non-hydrogen) atoms. The highest BCUT2D eigenvalue weighted by Gasteiger charge is 2.29. The normalized spacial score (nSPS) is 14.2. The van der Waals surface area contributed by atoms with Crippen molar-refractivity contribution in [1.82, 2.24) is 9.62 Å². The van der Waals surface area contributed by atoms with Gasteiger partial charge >= 0.3 is 0 Å². The van der Waals surface area contributed by atoms with E-state index < -0.39 is 15.8 Å². The van der Waals surface area contributed by atoms with E-state index in [9.17, 15) is 17.6 Å². The summed E-state index contributed by atoms with van der Waals surface area (Å²) in [6.45, 7) is 4.30. The lowest BCUT2D eigenvalue weighted by Crippen LogP contribution is -2.33. The van der Waals surface area contributed by atoms with Crippen LogP contribution in [0, 0.1) is 19.7 Å². The van der Waals surface area contributed by atoms with Crippen molar-refractivity contribution in [3.8, 4) is 5.75 Å². The molecule has 172 valence electrons. The van der Waals surface area contributed by atoms with Crippen molar-refractivity contribution in [3.05, 3.63) is 94.3 Å². The number of nitrogens with one attached hydrogen (secondary N) is 1. The number of rotatable bonds is 5. The topological polar surface area (TPSA) is 75.7 Å². The number of carbonyl (C=O) groups is 1. The first-order chi connectivity index (χ1) is 15.7. The molecule has 6 nitrogen and oxygen atoms in total. The number of halogens is 1. The van der Waals surface area contributed by atoms with Crippen molar-refractivity contribution in [2.24, 2.45) is 0 Å². The Bertz CT molecular complexity index is 1290. The van der Waals surface area contributed by atoms with Gasteiger partial charge < -0.3 is 10.1 Å². The molecule has 1 amide bonds. The van der Waals surface area contributed by atoms with Gasteiger partial charge in [0.2, 0.25) is 10.0 Å². The second-order valence-corrected chi connectivity index (χ2v) is 9.99. The quantitative estimate of drug-likeness (QED) is 0.615. The summed E-state index contributed by atoms with van der Waals surface area (Å²) in [5.74, 6) is -0.352. The Morgan fingerprint density at radius 1 is 1.06 bits per heavy atom. The van der Waals surface area contributed by atoms with Gasteiger partial charge in [0.05, 0.1) is 4.90 Å². The lowest BCUT2D eigenvalue weighted by Gasteiger charge is -2.21. The van der Waals surface area contributed by atoms with E-state index in [4.69, 9.17) is 4.74 Å². The molecule has 0 saturated carbocycles. The van der Waals surface area contributed by atoms with Gasteiger partial charge in [0.25, 0.3) is 5.91 Å². The Balaban J connectivity index is 1.55. The molecule has 3 aromatic rings. The summed E-state index contributed by atoms with van der Waals surface area (Å²) in [5.41, 5.74) is 3.57. The molecule has 8 heteroatoms. The van der Waals surface area contributed by atoms with Crippen LogP contribution in [0.1, 0.15) is 32.6 Å². The van der Waals surface area contributed by atoms with Gasteiger partial charge in [0.1, 0.15) is 18.2 Å². The van der Waals surface area contributed by atoms with Crippen LogP contribution in [0.3, 0.4) is 0 Å².